The summed E-state index contributed by atoms with van der Waals surface area (Å²) < 4.78 is 34.2. The Morgan fingerprint density at radius 3 is 1.21 bits per heavy atom. The van der Waals surface area contributed by atoms with Crippen molar-refractivity contribution in [3.05, 3.63) is 109 Å². The lowest BCUT2D eigenvalue weighted by Gasteiger charge is -2.48. The van der Waals surface area contributed by atoms with Gasteiger partial charge in [0, 0.05) is 6.42 Å². The fraction of sp³-hybridized carbons (Fsp3) is 0.729. The Balaban J connectivity index is 1.30. The van der Waals surface area contributed by atoms with Crippen LogP contribution in [0, 0.1) is 0 Å². The number of carbonyl (C=O) groups is 1. The summed E-state index contributed by atoms with van der Waals surface area (Å²) >= 11 is 0. The summed E-state index contributed by atoms with van der Waals surface area (Å²) in [7, 11) is 0. The maximum absolute atomic E-state index is 13.3. The van der Waals surface area contributed by atoms with E-state index in [1.165, 1.54) is 44.9 Å². The fourth-order valence-electron chi connectivity index (χ4n) is 10.6. The van der Waals surface area contributed by atoms with Crippen molar-refractivity contribution in [2.24, 2.45) is 0 Å². The summed E-state index contributed by atoms with van der Waals surface area (Å²) in [5.74, 6) is -0.288. The highest BCUT2D eigenvalue weighted by atomic mass is 16.8. The highest BCUT2D eigenvalue weighted by Gasteiger charge is 2.53. The molecule has 3 aliphatic heterocycles. The zero-order chi connectivity index (χ0) is 64.7. The second kappa shape index (κ2) is 50.9. The molecule has 0 radical (unpaired) electrons. The number of hydrogen-bond acceptors (Lipinski definition) is 18. The van der Waals surface area contributed by atoms with Crippen molar-refractivity contribution in [1.82, 2.24) is 5.32 Å². The van der Waals surface area contributed by atoms with Gasteiger partial charge in [0.1, 0.15) is 73.2 Å². The molecule has 12 N–H and O–H groups in total. The second-order valence-corrected chi connectivity index (χ2v) is 23.6. The number of carbonyl (C=O) groups excluding carboxylic acids is 1. The van der Waals surface area contributed by atoms with E-state index in [1.807, 2.05) is 6.08 Å². The number of aliphatic hydroxyl groups is 11. The molecule has 3 rings (SSSR count). The zero-order valence-electron chi connectivity index (χ0n) is 53.6. The monoisotopic (exact) mass is 1260 g/mol. The molecule has 19 heteroatoms. The van der Waals surface area contributed by atoms with Crippen molar-refractivity contribution in [2.45, 2.75) is 298 Å². The number of aliphatic hydroxyl groups excluding tert-OH is 11. The van der Waals surface area contributed by atoms with Crippen LogP contribution in [0.25, 0.3) is 0 Å². The molecule has 0 aromatic rings. The highest BCUT2D eigenvalue weighted by Crippen LogP contribution is 2.33. The van der Waals surface area contributed by atoms with Crippen molar-refractivity contribution in [2.75, 3.05) is 26.4 Å². The minimum Gasteiger partial charge on any atom is -0.394 e. The summed E-state index contributed by atoms with van der Waals surface area (Å²) in [4.78, 5) is 13.3. The third-order valence-electron chi connectivity index (χ3n) is 16.1. The van der Waals surface area contributed by atoms with Gasteiger partial charge in [0.05, 0.1) is 38.6 Å². The molecule has 0 spiro atoms. The van der Waals surface area contributed by atoms with Crippen LogP contribution in [0.15, 0.2) is 109 Å². The SMILES string of the molecule is CC/C=C\C/C=C\C/C=C\C/C=C\C/C=C\C/C=C\C/C=C\C/C=C\CCCCCCCCCCCCCCC(=O)NC(COC1OC(CO)C(OC2OC(CO)C(OC3OC(CO)C(O)C(O)C3O)C(O)C2O)C(O)C1O)C(O)/C=C/CCCCCCC. The van der Waals surface area contributed by atoms with E-state index in [0.717, 1.165) is 122 Å². The van der Waals surface area contributed by atoms with Crippen molar-refractivity contribution in [3.8, 4) is 0 Å². The van der Waals surface area contributed by atoms with Crippen LogP contribution in [0.3, 0.4) is 0 Å². The van der Waals surface area contributed by atoms with Crippen LogP contribution in [0.4, 0.5) is 0 Å². The third-order valence-corrected chi connectivity index (χ3v) is 16.1. The lowest BCUT2D eigenvalue weighted by molar-refractivity contribution is -0.379. The van der Waals surface area contributed by atoms with Crippen LogP contribution in [0.5, 0.6) is 0 Å². The van der Waals surface area contributed by atoms with Crippen molar-refractivity contribution >= 4 is 5.91 Å². The summed E-state index contributed by atoms with van der Waals surface area (Å²) in [5, 5.41) is 120. The molecular weight excluding hydrogens is 1140 g/mol. The number of nitrogens with one attached hydrogen (secondary N) is 1. The van der Waals surface area contributed by atoms with E-state index in [4.69, 9.17) is 28.4 Å². The van der Waals surface area contributed by atoms with Crippen LogP contribution in [-0.2, 0) is 33.2 Å². The van der Waals surface area contributed by atoms with E-state index in [2.05, 4.69) is 116 Å². The first kappa shape index (κ1) is 79.7. The zero-order valence-corrected chi connectivity index (χ0v) is 53.6. The number of allylic oxidation sites excluding steroid dienone is 17. The highest BCUT2D eigenvalue weighted by molar-refractivity contribution is 5.76. The molecule has 19 nitrogen and oxygen atoms in total. The van der Waals surface area contributed by atoms with Gasteiger partial charge in [0.25, 0.3) is 0 Å². The minimum absolute atomic E-state index is 0.233. The Hall–Kier alpha value is -3.55. The van der Waals surface area contributed by atoms with E-state index < -0.39 is 124 Å². The molecule has 3 saturated heterocycles. The van der Waals surface area contributed by atoms with E-state index in [9.17, 15) is 61.0 Å². The van der Waals surface area contributed by atoms with Crippen LogP contribution in [0.2, 0.25) is 0 Å². The first-order valence-electron chi connectivity index (χ1n) is 33.6. The molecule has 3 fully saturated rings. The molecule has 17 unspecified atom stereocenters. The number of hydrogen-bond donors (Lipinski definition) is 12. The molecule has 0 aliphatic carbocycles. The quantitative estimate of drug-likeness (QED) is 0.0201. The predicted octanol–water partition coefficient (Wildman–Crippen LogP) is 8.27. The molecule has 3 aliphatic rings. The van der Waals surface area contributed by atoms with Crippen LogP contribution >= 0.6 is 0 Å². The van der Waals surface area contributed by atoms with Crippen LogP contribution in [0.1, 0.15) is 194 Å². The number of unbranched alkanes of at least 4 members (excludes halogenated alkanes) is 17. The van der Waals surface area contributed by atoms with Crippen molar-refractivity contribution < 1.29 is 89.4 Å². The van der Waals surface area contributed by atoms with E-state index in [0.29, 0.717) is 6.42 Å². The molecule has 1 amide bonds. The Morgan fingerprint density at radius 2 is 0.775 bits per heavy atom. The second-order valence-electron chi connectivity index (χ2n) is 23.6. The Kier molecular flexibility index (Phi) is 45.6. The van der Waals surface area contributed by atoms with Gasteiger partial charge in [-0.25, -0.2) is 0 Å². The third kappa shape index (κ3) is 33.2. The molecule has 17 atom stereocenters. The van der Waals surface area contributed by atoms with E-state index >= 15 is 0 Å². The summed E-state index contributed by atoms with van der Waals surface area (Å²) in [6.07, 6.45) is 41.3. The molecule has 0 aromatic carbocycles. The molecule has 0 aromatic heterocycles. The number of ether oxygens (including phenoxy) is 6. The standard InChI is InChI=1S/C70H117NO18/c1-3-5-7-9-11-12-13-14-15-16-17-18-19-20-21-22-23-24-25-26-27-28-29-30-31-32-33-34-35-36-37-38-39-40-42-44-46-48-58(76)71-53(54(75)47-45-43-41-10-8-6-4-2)52-84-68-64(82)61(79)66(56(50-73)86-68)89-70-65(83)62(80)67(57(51-74)87-70)88-69-63(81)60(78)59(77)55(49-72)85-69/h5,7,11-12,14-15,17-18,20-21,23-24,26-27,29-30,45,47,53-57,59-70,72-75,77-83H,3-4,6,8-10,13,16,19,22,25,28,31-44,46,48-52H2,1-2H3,(H,71,76)/b7-5-,12-11-,15-14-,18-17-,21-20-,24-23-,27-26-,30-29-,47-45+. The maximum Gasteiger partial charge on any atom is 0.220 e. The van der Waals surface area contributed by atoms with Gasteiger partial charge in [-0.2, -0.15) is 0 Å². The normalized spacial score (nSPS) is 28.9. The smallest absolute Gasteiger partial charge is 0.220 e. The Bertz CT molecular complexity index is 2040. The molecule has 0 bridgehead atoms. The first-order chi connectivity index (χ1) is 43.3. The fourth-order valence-corrected chi connectivity index (χ4v) is 10.6. The van der Waals surface area contributed by atoms with Crippen molar-refractivity contribution in [1.29, 1.82) is 0 Å². The van der Waals surface area contributed by atoms with Gasteiger partial charge < -0.3 is 89.9 Å². The number of rotatable bonds is 49. The molecule has 0 saturated carbocycles. The van der Waals surface area contributed by atoms with Gasteiger partial charge in [-0.3, -0.25) is 4.79 Å². The van der Waals surface area contributed by atoms with Gasteiger partial charge in [0.2, 0.25) is 5.91 Å². The van der Waals surface area contributed by atoms with Crippen molar-refractivity contribution in [3.63, 3.8) is 0 Å². The van der Waals surface area contributed by atoms with Gasteiger partial charge in [-0.05, 0) is 83.5 Å². The van der Waals surface area contributed by atoms with E-state index in [1.54, 1.807) is 6.08 Å². The van der Waals surface area contributed by atoms with Gasteiger partial charge in [-0.1, -0.05) is 213 Å². The maximum atomic E-state index is 13.3. The van der Waals surface area contributed by atoms with Crippen LogP contribution < -0.4 is 5.32 Å². The number of amides is 1. The Labute approximate surface area is 532 Å². The van der Waals surface area contributed by atoms with Gasteiger partial charge in [-0.15, -0.1) is 0 Å². The average Bonchev–Trinajstić information content (AvgIpc) is 2.14. The summed E-state index contributed by atoms with van der Waals surface area (Å²) in [6.45, 7) is 1.51. The van der Waals surface area contributed by atoms with Crippen LogP contribution in [-0.4, -0.2) is 193 Å². The summed E-state index contributed by atoms with van der Waals surface area (Å²) in [6, 6.07) is -0.977. The lowest BCUT2D eigenvalue weighted by atomic mass is 9.96. The van der Waals surface area contributed by atoms with Gasteiger partial charge >= 0.3 is 0 Å². The first-order valence-corrected chi connectivity index (χ1v) is 33.6. The van der Waals surface area contributed by atoms with E-state index in [-0.39, 0.29) is 18.9 Å². The largest absolute Gasteiger partial charge is 0.394 e. The summed E-state index contributed by atoms with van der Waals surface area (Å²) in [5.41, 5.74) is 0. The molecule has 3 heterocycles. The molecule has 89 heavy (non-hydrogen) atoms. The van der Waals surface area contributed by atoms with Gasteiger partial charge in [0.15, 0.2) is 18.9 Å². The molecular formula is C70H117NO18. The lowest BCUT2D eigenvalue weighted by Crippen LogP contribution is -2.66. The molecule has 510 valence electrons. The topological polar surface area (TPSA) is 307 Å². The Morgan fingerprint density at radius 1 is 0.416 bits per heavy atom. The predicted molar refractivity (Wildman–Crippen MR) is 346 cm³/mol. The average molecular weight is 1260 g/mol. The minimum atomic E-state index is -1.98.